The van der Waals surface area contributed by atoms with E-state index in [1.54, 1.807) is 6.07 Å². The minimum Gasteiger partial charge on any atom is -0.363 e. The number of hydrogen-bond donors (Lipinski definition) is 1. The first-order valence-corrected chi connectivity index (χ1v) is 7.92. The summed E-state index contributed by atoms with van der Waals surface area (Å²) in [6.07, 6.45) is 5.71. The second-order valence-corrected chi connectivity index (χ2v) is 7.46. The van der Waals surface area contributed by atoms with Crippen LogP contribution in [0.5, 0.6) is 0 Å². The molecule has 1 aliphatic carbocycles. The van der Waals surface area contributed by atoms with Crippen molar-refractivity contribution >= 4 is 0 Å². The Morgan fingerprint density at radius 1 is 1.24 bits per heavy atom. The Bertz CT molecular complexity index is 490. The van der Waals surface area contributed by atoms with E-state index in [1.165, 1.54) is 25.1 Å². The minimum absolute atomic E-state index is 0.0806. The number of ether oxygens (including phenoxy) is 1. The maximum atomic E-state index is 13.1. The molecule has 0 aromatic carbocycles. The lowest BCUT2D eigenvalue weighted by atomic mass is 9.70. The lowest BCUT2D eigenvalue weighted by Crippen LogP contribution is -2.56. The highest BCUT2D eigenvalue weighted by atomic mass is 19.1. The number of nitrogens with zero attached hydrogens (tertiary/aromatic N) is 1. The van der Waals surface area contributed by atoms with Crippen LogP contribution in [0.15, 0.2) is 18.3 Å². The molecule has 21 heavy (non-hydrogen) atoms. The van der Waals surface area contributed by atoms with Crippen LogP contribution < -0.4 is 5.32 Å². The van der Waals surface area contributed by atoms with Crippen LogP contribution in [-0.4, -0.2) is 23.2 Å². The second kappa shape index (κ2) is 5.33. The predicted molar refractivity (Wildman–Crippen MR) is 80.5 cm³/mol. The van der Waals surface area contributed by atoms with Crippen molar-refractivity contribution in [3.05, 3.63) is 29.8 Å². The number of pyridine rings is 1. The molecule has 4 heteroatoms. The van der Waals surface area contributed by atoms with E-state index in [4.69, 9.17) is 4.74 Å². The predicted octanol–water partition coefficient (Wildman–Crippen LogP) is 3.61. The molecule has 0 radical (unpaired) electrons. The minimum atomic E-state index is -0.302. The number of morpholine rings is 1. The van der Waals surface area contributed by atoms with Gasteiger partial charge in [-0.1, -0.05) is 13.8 Å². The Morgan fingerprint density at radius 2 is 1.95 bits per heavy atom. The van der Waals surface area contributed by atoms with Crippen molar-refractivity contribution in [2.75, 3.05) is 6.54 Å². The lowest BCUT2D eigenvalue weighted by Gasteiger charge is -2.49. The van der Waals surface area contributed by atoms with E-state index in [1.807, 2.05) is 0 Å². The molecule has 1 N–H and O–H groups in total. The Labute approximate surface area is 126 Å². The summed E-state index contributed by atoms with van der Waals surface area (Å²) in [5.74, 6) is -0.302. The largest absolute Gasteiger partial charge is 0.363 e. The van der Waals surface area contributed by atoms with Crippen LogP contribution in [0.2, 0.25) is 0 Å². The van der Waals surface area contributed by atoms with E-state index in [0.717, 1.165) is 25.1 Å². The summed E-state index contributed by atoms with van der Waals surface area (Å²) >= 11 is 0. The molecule has 3 nitrogen and oxygen atoms in total. The van der Waals surface area contributed by atoms with Crippen molar-refractivity contribution in [2.24, 2.45) is 5.41 Å². The number of halogens is 1. The second-order valence-electron chi connectivity index (χ2n) is 7.46. The highest BCUT2D eigenvalue weighted by Crippen LogP contribution is 2.45. The smallest absolute Gasteiger partial charge is 0.141 e. The Hall–Kier alpha value is -1.00. The van der Waals surface area contributed by atoms with Crippen LogP contribution in [0.1, 0.15) is 58.3 Å². The van der Waals surface area contributed by atoms with Gasteiger partial charge >= 0.3 is 0 Å². The van der Waals surface area contributed by atoms with Gasteiger partial charge in [0.25, 0.3) is 0 Å². The van der Waals surface area contributed by atoms with Crippen LogP contribution in [0.25, 0.3) is 0 Å². The van der Waals surface area contributed by atoms with Gasteiger partial charge in [-0.15, -0.1) is 0 Å². The fraction of sp³-hybridized carbons (Fsp3) is 0.706. The normalized spacial score (nSPS) is 31.2. The van der Waals surface area contributed by atoms with Gasteiger partial charge in [0.1, 0.15) is 11.9 Å². The van der Waals surface area contributed by atoms with Gasteiger partial charge in [0.15, 0.2) is 0 Å². The van der Waals surface area contributed by atoms with Gasteiger partial charge in [0, 0.05) is 12.6 Å². The highest BCUT2D eigenvalue weighted by Gasteiger charge is 2.45. The highest BCUT2D eigenvalue weighted by molar-refractivity contribution is 5.12. The summed E-state index contributed by atoms with van der Waals surface area (Å²) in [4.78, 5) is 4.22. The first-order valence-electron chi connectivity index (χ1n) is 7.92. The first kappa shape index (κ1) is 14.9. The van der Waals surface area contributed by atoms with Crippen molar-refractivity contribution in [3.8, 4) is 0 Å². The Kier molecular flexibility index (Phi) is 3.78. The molecule has 3 rings (SSSR count). The molecule has 2 unspecified atom stereocenters. The molecule has 2 heterocycles. The maximum Gasteiger partial charge on any atom is 0.141 e. The van der Waals surface area contributed by atoms with Gasteiger partial charge in [0.05, 0.1) is 17.5 Å². The number of rotatable bonds is 1. The molecular formula is C17H25FN2O. The van der Waals surface area contributed by atoms with Crippen molar-refractivity contribution < 1.29 is 9.13 Å². The Balaban J connectivity index is 1.77. The van der Waals surface area contributed by atoms with E-state index < -0.39 is 0 Å². The topological polar surface area (TPSA) is 34.1 Å². The molecule has 1 aliphatic heterocycles. The van der Waals surface area contributed by atoms with Crippen LogP contribution in [0.3, 0.4) is 0 Å². The fourth-order valence-electron chi connectivity index (χ4n) is 3.42. The van der Waals surface area contributed by atoms with E-state index in [-0.39, 0.29) is 23.6 Å². The van der Waals surface area contributed by atoms with Gasteiger partial charge in [-0.3, -0.25) is 4.98 Å². The molecule has 0 amide bonds. The molecule has 1 spiro atoms. The van der Waals surface area contributed by atoms with E-state index in [2.05, 4.69) is 31.1 Å². The van der Waals surface area contributed by atoms with E-state index in [9.17, 15) is 4.39 Å². The summed E-state index contributed by atoms with van der Waals surface area (Å²) in [6.45, 7) is 7.67. The van der Waals surface area contributed by atoms with Gasteiger partial charge in [0.2, 0.25) is 0 Å². The zero-order valence-electron chi connectivity index (χ0n) is 13.2. The first-order chi connectivity index (χ1) is 9.89. The van der Waals surface area contributed by atoms with Gasteiger partial charge < -0.3 is 10.1 Å². The van der Waals surface area contributed by atoms with Crippen molar-refractivity contribution in [3.63, 3.8) is 0 Å². The van der Waals surface area contributed by atoms with Gasteiger partial charge in [-0.05, 0) is 50.2 Å². The third kappa shape index (κ3) is 3.11. The quantitative estimate of drug-likeness (QED) is 0.858. The molecule has 2 fully saturated rings. The molecule has 2 aliphatic rings. The molecule has 1 saturated heterocycles. The molecule has 0 bridgehead atoms. The number of hydrogen-bond acceptors (Lipinski definition) is 3. The third-order valence-electron chi connectivity index (χ3n) is 5.13. The van der Waals surface area contributed by atoms with Crippen molar-refractivity contribution in [2.45, 2.75) is 64.2 Å². The average molecular weight is 292 g/mol. The van der Waals surface area contributed by atoms with E-state index >= 15 is 0 Å². The van der Waals surface area contributed by atoms with Crippen LogP contribution in [0, 0.1) is 11.2 Å². The summed E-state index contributed by atoms with van der Waals surface area (Å²) in [6, 6.07) is 3.40. The summed E-state index contributed by atoms with van der Waals surface area (Å²) in [5, 5.41) is 3.57. The third-order valence-corrected chi connectivity index (χ3v) is 5.13. The summed E-state index contributed by atoms with van der Waals surface area (Å²) < 4.78 is 19.6. The molecule has 2 atom stereocenters. The van der Waals surface area contributed by atoms with Crippen LogP contribution >= 0.6 is 0 Å². The molecule has 1 aromatic heterocycles. The standard InChI is InChI=1S/C17H25FN2O/c1-12-15(14-5-4-13(18)10-19-14)21-17(11-20-12)8-6-16(2,3)7-9-17/h4-5,10,12,15,20H,6-9,11H2,1-3H3. The average Bonchev–Trinajstić information content (AvgIpc) is 2.46. The molecule has 1 aromatic rings. The van der Waals surface area contributed by atoms with Crippen molar-refractivity contribution in [1.82, 2.24) is 10.3 Å². The van der Waals surface area contributed by atoms with E-state index in [0.29, 0.717) is 5.41 Å². The fourth-order valence-corrected chi connectivity index (χ4v) is 3.42. The molecular weight excluding hydrogens is 267 g/mol. The van der Waals surface area contributed by atoms with Crippen LogP contribution in [0.4, 0.5) is 4.39 Å². The number of nitrogens with one attached hydrogen (secondary N) is 1. The lowest BCUT2D eigenvalue weighted by molar-refractivity contribution is -0.162. The zero-order chi connectivity index (χ0) is 15.1. The molecule has 116 valence electrons. The molecule has 1 saturated carbocycles. The van der Waals surface area contributed by atoms with Crippen LogP contribution in [-0.2, 0) is 4.74 Å². The van der Waals surface area contributed by atoms with Gasteiger partial charge in [-0.25, -0.2) is 4.39 Å². The zero-order valence-corrected chi connectivity index (χ0v) is 13.2. The van der Waals surface area contributed by atoms with Crippen molar-refractivity contribution in [1.29, 1.82) is 0 Å². The number of aromatic nitrogens is 1. The monoisotopic (exact) mass is 292 g/mol. The summed E-state index contributed by atoms with van der Waals surface area (Å²) in [7, 11) is 0. The SMILES string of the molecule is CC1NCC2(CCC(C)(C)CC2)OC1c1ccc(F)cn1. The van der Waals surface area contributed by atoms with Gasteiger partial charge in [-0.2, -0.15) is 0 Å². The Morgan fingerprint density at radius 3 is 2.57 bits per heavy atom. The summed E-state index contributed by atoms with van der Waals surface area (Å²) in [5.41, 5.74) is 1.16. The maximum absolute atomic E-state index is 13.1.